The van der Waals surface area contributed by atoms with Crippen LogP contribution in [0.1, 0.15) is 16.7 Å². The molecule has 0 unspecified atom stereocenters. The van der Waals surface area contributed by atoms with E-state index in [-0.39, 0.29) is 5.84 Å². The number of hydrogen-bond donors (Lipinski definition) is 1. The van der Waals surface area contributed by atoms with Crippen molar-refractivity contribution in [2.75, 3.05) is 0 Å². The minimum Gasteiger partial charge on any atom is -0.309 e. The molecule has 1 aromatic heterocycles. The zero-order valence-corrected chi connectivity index (χ0v) is 34.3. The molecule has 1 heterocycles. The molecule has 12 rings (SSSR count). The third-order valence-corrected chi connectivity index (χ3v) is 12.7. The third-order valence-electron chi connectivity index (χ3n) is 12.7. The van der Waals surface area contributed by atoms with Crippen LogP contribution in [0.3, 0.4) is 0 Å². The summed E-state index contributed by atoms with van der Waals surface area (Å²) in [5.74, 6) is 0.206. The molecule has 3 nitrogen and oxygen atoms in total. The largest absolute Gasteiger partial charge is 0.309 e. The van der Waals surface area contributed by atoms with Crippen molar-refractivity contribution in [2.24, 2.45) is 4.99 Å². The number of rotatable bonds is 6. The third kappa shape index (κ3) is 6.05. The lowest BCUT2D eigenvalue weighted by molar-refractivity contribution is 1.18. The molecule has 0 amide bonds. The molecule has 294 valence electrons. The molecule has 0 saturated heterocycles. The first-order chi connectivity index (χ1) is 31.2. The predicted molar refractivity (Wildman–Crippen MR) is 269 cm³/mol. The van der Waals surface area contributed by atoms with Crippen molar-refractivity contribution in [2.45, 2.75) is 0 Å². The first-order valence-corrected chi connectivity index (χ1v) is 21.5. The van der Waals surface area contributed by atoms with E-state index in [4.69, 9.17) is 4.99 Å². The minimum absolute atomic E-state index is 0.206. The van der Waals surface area contributed by atoms with Gasteiger partial charge in [0.15, 0.2) is 5.84 Å². The van der Waals surface area contributed by atoms with E-state index in [0.29, 0.717) is 5.71 Å². The molecule has 1 N–H and O–H groups in total. The van der Waals surface area contributed by atoms with Crippen LogP contribution in [0.25, 0.3) is 98.6 Å². The monoisotopic (exact) mass is 801 g/mol. The van der Waals surface area contributed by atoms with E-state index in [0.717, 1.165) is 44.2 Å². The van der Waals surface area contributed by atoms with Crippen LogP contribution in [-0.2, 0) is 0 Å². The van der Waals surface area contributed by atoms with Crippen molar-refractivity contribution in [3.63, 3.8) is 0 Å². The number of benzene rings is 11. The summed E-state index contributed by atoms with van der Waals surface area (Å²) in [5, 5.41) is 23.8. The second-order valence-electron chi connectivity index (χ2n) is 16.2. The summed E-state index contributed by atoms with van der Waals surface area (Å²) < 4.78 is 2.33. The van der Waals surface area contributed by atoms with E-state index >= 15 is 0 Å². The highest BCUT2D eigenvalue weighted by molar-refractivity contribution is 6.28. The van der Waals surface area contributed by atoms with E-state index in [1.54, 1.807) is 0 Å². The molecule has 0 spiro atoms. The van der Waals surface area contributed by atoms with E-state index in [1.807, 2.05) is 30.3 Å². The van der Waals surface area contributed by atoms with Gasteiger partial charge in [0.2, 0.25) is 0 Å². The van der Waals surface area contributed by atoms with Gasteiger partial charge in [-0.05, 0) is 107 Å². The number of aromatic nitrogens is 1. The van der Waals surface area contributed by atoms with Crippen LogP contribution in [0.15, 0.2) is 229 Å². The SMILES string of the molecule is N=C(N=C(/C=C/c1c2ccccc2c(-c2c3ccccc3cc3c2ccc2ccccc23)c2ccccc12)c1cccc(-n2c3ccccc3c3ccccc32)c1)c1ccccc1. The minimum atomic E-state index is 0.206. The molecule has 0 radical (unpaired) electrons. The van der Waals surface area contributed by atoms with Gasteiger partial charge in [0.25, 0.3) is 0 Å². The first-order valence-electron chi connectivity index (χ1n) is 21.5. The maximum absolute atomic E-state index is 9.24. The number of para-hydroxylation sites is 2. The van der Waals surface area contributed by atoms with Crippen LogP contribution in [0.5, 0.6) is 0 Å². The summed E-state index contributed by atoms with van der Waals surface area (Å²) in [6.07, 6.45) is 4.32. The van der Waals surface area contributed by atoms with Crippen LogP contribution in [0.2, 0.25) is 0 Å². The quantitative estimate of drug-likeness (QED) is 0.0753. The lowest BCUT2D eigenvalue weighted by atomic mass is 9.83. The Morgan fingerprint density at radius 1 is 0.381 bits per heavy atom. The Bertz CT molecular complexity index is 3760. The van der Waals surface area contributed by atoms with E-state index in [2.05, 4.69) is 205 Å². The first kappa shape index (κ1) is 36.5. The Balaban J connectivity index is 1.09. The van der Waals surface area contributed by atoms with Gasteiger partial charge in [-0.25, -0.2) is 4.99 Å². The fourth-order valence-corrected chi connectivity index (χ4v) is 9.85. The number of nitrogens with one attached hydrogen (secondary N) is 1. The highest BCUT2D eigenvalue weighted by Crippen LogP contribution is 2.46. The number of hydrogen-bond acceptors (Lipinski definition) is 1. The van der Waals surface area contributed by atoms with Crippen LogP contribution in [0.4, 0.5) is 0 Å². The molecule has 0 bridgehead atoms. The van der Waals surface area contributed by atoms with Crippen molar-refractivity contribution in [1.29, 1.82) is 5.41 Å². The van der Waals surface area contributed by atoms with Gasteiger partial charge in [0.1, 0.15) is 0 Å². The Morgan fingerprint density at radius 3 is 1.57 bits per heavy atom. The van der Waals surface area contributed by atoms with Crippen LogP contribution >= 0.6 is 0 Å². The molecular weight excluding hydrogens is 763 g/mol. The summed E-state index contributed by atoms with van der Waals surface area (Å²) in [4.78, 5) is 5.10. The molecule has 0 aliphatic heterocycles. The Morgan fingerprint density at radius 2 is 0.889 bits per heavy atom. The fourth-order valence-electron chi connectivity index (χ4n) is 9.85. The summed E-state index contributed by atoms with van der Waals surface area (Å²) in [7, 11) is 0. The number of aliphatic imine (C=N–C) groups is 1. The Hall–Kier alpha value is -8.40. The molecule has 0 aliphatic carbocycles. The standard InChI is InChI=1S/C60H39N3/c61-60(40-18-2-1-3-19-40)62-55(42-21-16-22-43(37-42)63-56-31-14-12-27-49(56)50-28-13-15-32-57(50)63)36-35-48-46-25-8-10-29-51(46)59(52-30-11-9-26-47(48)52)58-45-24-7-5-20-41(45)38-54-44-23-6-4-17-39(44)33-34-53(54)58/h1-38,61H/b36-35+,61-60?,62-55?. The highest BCUT2D eigenvalue weighted by atomic mass is 15.0. The van der Waals surface area contributed by atoms with Gasteiger partial charge >= 0.3 is 0 Å². The predicted octanol–water partition coefficient (Wildman–Crippen LogP) is 15.7. The van der Waals surface area contributed by atoms with Crippen LogP contribution in [0, 0.1) is 5.41 Å². The smallest absolute Gasteiger partial charge is 0.152 e. The average Bonchev–Trinajstić information content (AvgIpc) is 3.69. The maximum atomic E-state index is 9.24. The number of amidine groups is 1. The summed E-state index contributed by atoms with van der Waals surface area (Å²) in [5.41, 5.74) is 9.30. The zero-order chi connectivity index (χ0) is 41.9. The number of nitrogens with zero attached hydrogens (tertiary/aromatic N) is 2. The number of allylic oxidation sites excluding steroid dienone is 1. The summed E-state index contributed by atoms with van der Waals surface area (Å²) in [6.45, 7) is 0. The van der Waals surface area contributed by atoms with Crippen molar-refractivity contribution < 1.29 is 0 Å². The fraction of sp³-hybridized carbons (Fsp3) is 0. The molecule has 0 atom stereocenters. The average molecular weight is 802 g/mol. The normalized spacial score (nSPS) is 12.2. The van der Waals surface area contributed by atoms with Gasteiger partial charge in [-0.1, -0.05) is 194 Å². The molecule has 12 aromatic rings. The second-order valence-corrected chi connectivity index (χ2v) is 16.2. The zero-order valence-electron chi connectivity index (χ0n) is 34.3. The molecule has 11 aromatic carbocycles. The maximum Gasteiger partial charge on any atom is 0.152 e. The molecule has 0 fully saturated rings. The van der Waals surface area contributed by atoms with Gasteiger partial charge in [-0.3, -0.25) is 5.41 Å². The Labute approximate surface area is 364 Å². The van der Waals surface area contributed by atoms with Crippen LogP contribution < -0.4 is 0 Å². The van der Waals surface area contributed by atoms with Gasteiger partial charge in [0.05, 0.1) is 16.7 Å². The molecular formula is C60H39N3. The van der Waals surface area contributed by atoms with Gasteiger partial charge in [-0.2, -0.15) is 0 Å². The molecule has 63 heavy (non-hydrogen) atoms. The molecule has 3 heteroatoms. The second kappa shape index (κ2) is 14.9. The lowest BCUT2D eigenvalue weighted by Crippen LogP contribution is -2.05. The van der Waals surface area contributed by atoms with Gasteiger partial charge in [-0.15, -0.1) is 0 Å². The van der Waals surface area contributed by atoms with E-state index in [9.17, 15) is 5.41 Å². The van der Waals surface area contributed by atoms with E-state index in [1.165, 1.54) is 65.0 Å². The summed E-state index contributed by atoms with van der Waals surface area (Å²) in [6, 6.07) is 77.6. The van der Waals surface area contributed by atoms with Crippen molar-refractivity contribution in [3.8, 4) is 16.8 Å². The summed E-state index contributed by atoms with van der Waals surface area (Å²) >= 11 is 0. The van der Waals surface area contributed by atoms with Crippen molar-refractivity contribution >= 4 is 93.3 Å². The van der Waals surface area contributed by atoms with Gasteiger partial charge < -0.3 is 4.57 Å². The lowest BCUT2D eigenvalue weighted by Gasteiger charge is -2.20. The Kier molecular flexibility index (Phi) is 8.65. The molecule has 0 saturated carbocycles. The van der Waals surface area contributed by atoms with Gasteiger partial charge in [0, 0.05) is 27.6 Å². The van der Waals surface area contributed by atoms with Crippen molar-refractivity contribution in [3.05, 3.63) is 241 Å². The van der Waals surface area contributed by atoms with Crippen molar-refractivity contribution in [1.82, 2.24) is 4.57 Å². The topological polar surface area (TPSA) is 41.1 Å². The van der Waals surface area contributed by atoms with E-state index < -0.39 is 0 Å². The van der Waals surface area contributed by atoms with Crippen LogP contribution in [-0.4, -0.2) is 16.1 Å². The number of fused-ring (bicyclic) bond motifs is 9. The molecule has 0 aliphatic rings. The highest BCUT2D eigenvalue weighted by Gasteiger charge is 2.20.